The van der Waals surface area contributed by atoms with E-state index in [-0.39, 0.29) is 5.69 Å². The van der Waals surface area contributed by atoms with Crippen LogP contribution < -0.4 is 11.1 Å². The van der Waals surface area contributed by atoms with E-state index in [2.05, 4.69) is 20.3 Å². The molecule has 0 spiro atoms. The molecule has 0 fully saturated rings. The normalized spacial score (nSPS) is 10.4. The highest BCUT2D eigenvalue weighted by Gasteiger charge is 2.10. The number of rotatable bonds is 3. The third-order valence-electron chi connectivity index (χ3n) is 2.80. The molecule has 20 heavy (non-hydrogen) atoms. The molecule has 0 saturated heterocycles. The van der Waals surface area contributed by atoms with Crippen LogP contribution in [0.3, 0.4) is 0 Å². The van der Waals surface area contributed by atoms with Gasteiger partial charge < -0.3 is 11.1 Å². The number of benzene rings is 1. The zero-order valence-corrected chi connectivity index (χ0v) is 10.4. The van der Waals surface area contributed by atoms with Crippen LogP contribution in [-0.4, -0.2) is 20.9 Å². The van der Waals surface area contributed by atoms with Crippen molar-refractivity contribution in [1.82, 2.24) is 15.0 Å². The molecule has 1 amide bonds. The van der Waals surface area contributed by atoms with E-state index in [0.717, 1.165) is 16.6 Å². The first-order valence-corrected chi connectivity index (χ1v) is 5.96. The molecule has 2 heterocycles. The predicted molar refractivity (Wildman–Crippen MR) is 75.6 cm³/mol. The molecule has 6 heteroatoms. The van der Waals surface area contributed by atoms with E-state index in [0.29, 0.717) is 5.82 Å². The Bertz CT molecular complexity index is 787. The van der Waals surface area contributed by atoms with Gasteiger partial charge in [0, 0.05) is 29.7 Å². The average molecular weight is 265 g/mol. The number of fused-ring (bicyclic) bond motifs is 1. The minimum atomic E-state index is -0.622. The fourth-order valence-corrected chi connectivity index (χ4v) is 1.90. The van der Waals surface area contributed by atoms with Crippen LogP contribution in [0.2, 0.25) is 0 Å². The Morgan fingerprint density at radius 2 is 1.90 bits per heavy atom. The molecule has 0 aliphatic carbocycles. The third-order valence-corrected chi connectivity index (χ3v) is 2.80. The molecule has 0 aliphatic rings. The summed E-state index contributed by atoms with van der Waals surface area (Å²) in [6.07, 6.45) is 4.66. The van der Waals surface area contributed by atoms with Gasteiger partial charge in [-0.1, -0.05) is 6.07 Å². The summed E-state index contributed by atoms with van der Waals surface area (Å²) in [5.74, 6) is -0.286. The summed E-state index contributed by atoms with van der Waals surface area (Å²) < 4.78 is 0. The van der Waals surface area contributed by atoms with Crippen molar-refractivity contribution in [2.75, 3.05) is 5.32 Å². The zero-order valence-electron chi connectivity index (χ0n) is 10.4. The van der Waals surface area contributed by atoms with Gasteiger partial charge in [0.25, 0.3) is 5.91 Å². The summed E-state index contributed by atoms with van der Waals surface area (Å²) >= 11 is 0. The maximum Gasteiger partial charge on any atom is 0.271 e. The summed E-state index contributed by atoms with van der Waals surface area (Å²) in [5, 5.41) is 4.03. The Labute approximate surface area is 114 Å². The molecular formula is C14H11N5O. The van der Waals surface area contributed by atoms with Gasteiger partial charge in [-0.05, 0) is 24.3 Å². The van der Waals surface area contributed by atoms with Gasteiger partial charge in [0.1, 0.15) is 0 Å². The van der Waals surface area contributed by atoms with E-state index < -0.39 is 5.91 Å². The van der Waals surface area contributed by atoms with Gasteiger partial charge in [0.05, 0.1) is 5.52 Å². The van der Waals surface area contributed by atoms with Crippen LogP contribution in [0, 0.1) is 0 Å². The van der Waals surface area contributed by atoms with Gasteiger partial charge in [-0.25, -0.2) is 9.97 Å². The van der Waals surface area contributed by atoms with E-state index in [1.807, 2.05) is 30.3 Å². The number of nitrogens with one attached hydrogen (secondary N) is 1. The second-order valence-corrected chi connectivity index (χ2v) is 4.15. The SMILES string of the molecule is NC(=O)c1nccnc1Nc1ccc2ncccc2c1. The molecule has 1 aromatic carbocycles. The first-order valence-electron chi connectivity index (χ1n) is 5.96. The lowest BCUT2D eigenvalue weighted by atomic mass is 10.2. The van der Waals surface area contributed by atoms with Crippen molar-refractivity contribution in [3.8, 4) is 0 Å². The Morgan fingerprint density at radius 1 is 1.05 bits per heavy atom. The van der Waals surface area contributed by atoms with E-state index in [4.69, 9.17) is 5.73 Å². The number of amides is 1. The quantitative estimate of drug-likeness (QED) is 0.754. The Hall–Kier alpha value is -3.02. The van der Waals surface area contributed by atoms with E-state index in [9.17, 15) is 4.79 Å². The molecule has 0 radical (unpaired) electrons. The highest BCUT2D eigenvalue weighted by Crippen LogP contribution is 2.21. The standard InChI is InChI=1S/C14H11N5O/c15-13(20)12-14(18-7-6-17-12)19-10-3-4-11-9(8-10)2-1-5-16-11/h1-8H,(H2,15,20)(H,18,19). The van der Waals surface area contributed by atoms with E-state index in [1.54, 1.807) is 6.20 Å². The first kappa shape index (κ1) is 12.0. The molecule has 2 aromatic heterocycles. The van der Waals surface area contributed by atoms with Crippen LogP contribution in [-0.2, 0) is 0 Å². The Kier molecular flexibility index (Phi) is 2.96. The number of nitrogens with zero attached hydrogens (tertiary/aromatic N) is 3. The molecule has 6 nitrogen and oxygen atoms in total. The van der Waals surface area contributed by atoms with Gasteiger partial charge in [-0.3, -0.25) is 9.78 Å². The molecule has 0 unspecified atom stereocenters. The summed E-state index contributed by atoms with van der Waals surface area (Å²) in [6, 6.07) is 9.48. The van der Waals surface area contributed by atoms with Crippen LogP contribution >= 0.6 is 0 Å². The summed E-state index contributed by atoms with van der Waals surface area (Å²) in [6.45, 7) is 0. The largest absolute Gasteiger partial charge is 0.364 e. The molecule has 0 bridgehead atoms. The number of pyridine rings is 1. The minimum Gasteiger partial charge on any atom is -0.364 e. The number of carbonyl (C=O) groups is 1. The number of aromatic nitrogens is 3. The fraction of sp³-hybridized carbons (Fsp3) is 0. The Balaban J connectivity index is 1.99. The van der Waals surface area contributed by atoms with E-state index >= 15 is 0 Å². The summed E-state index contributed by atoms with van der Waals surface area (Å²) in [7, 11) is 0. The van der Waals surface area contributed by atoms with Crippen molar-refractivity contribution in [1.29, 1.82) is 0 Å². The number of primary amides is 1. The molecule has 3 rings (SSSR count). The zero-order chi connectivity index (χ0) is 13.9. The molecule has 0 saturated carbocycles. The second-order valence-electron chi connectivity index (χ2n) is 4.15. The number of carbonyl (C=O) groups excluding carboxylic acids is 1. The third kappa shape index (κ3) is 2.26. The smallest absolute Gasteiger partial charge is 0.271 e. The van der Waals surface area contributed by atoms with Crippen LogP contribution in [0.5, 0.6) is 0 Å². The van der Waals surface area contributed by atoms with Gasteiger partial charge in [-0.15, -0.1) is 0 Å². The summed E-state index contributed by atoms with van der Waals surface area (Å²) in [4.78, 5) is 23.5. The van der Waals surface area contributed by atoms with Crippen molar-refractivity contribution in [2.24, 2.45) is 5.73 Å². The summed E-state index contributed by atoms with van der Waals surface area (Å²) in [5.41, 5.74) is 7.06. The molecule has 0 aliphatic heterocycles. The second kappa shape index (κ2) is 4.93. The molecular weight excluding hydrogens is 254 g/mol. The fourth-order valence-electron chi connectivity index (χ4n) is 1.90. The highest BCUT2D eigenvalue weighted by molar-refractivity contribution is 5.96. The van der Waals surface area contributed by atoms with Gasteiger partial charge in [0.15, 0.2) is 11.5 Å². The molecule has 0 atom stereocenters. The van der Waals surface area contributed by atoms with Gasteiger partial charge in [0.2, 0.25) is 0 Å². The molecule has 3 N–H and O–H groups in total. The van der Waals surface area contributed by atoms with Crippen LogP contribution in [0.1, 0.15) is 10.5 Å². The van der Waals surface area contributed by atoms with Crippen molar-refractivity contribution < 1.29 is 4.79 Å². The van der Waals surface area contributed by atoms with Gasteiger partial charge in [-0.2, -0.15) is 0 Å². The minimum absolute atomic E-state index is 0.110. The first-order chi connectivity index (χ1) is 9.74. The lowest BCUT2D eigenvalue weighted by Crippen LogP contribution is -2.16. The van der Waals surface area contributed by atoms with E-state index in [1.165, 1.54) is 12.4 Å². The van der Waals surface area contributed by atoms with Crippen molar-refractivity contribution in [2.45, 2.75) is 0 Å². The average Bonchev–Trinajstić information content (AvgIpc) is 2.47. The highest BCUT2D eigenvalue weighted by atomic mass is 16.1. The van der Waals surface area contributed by atoms with Crippen molar-refractivity contribution in [3.05, 3.63) is 54.6 Å². The predicted octanol–water partition coefficient (Wildman–Crippen LogP) is 1.87. The Morgan fingerprint density at radius 3 is 2.75 bits per heavy atom. The van der Waals surface area contributed by atoms with Crippen LogP contribution in [0.4, 0.5) is 11.5 Å². The van der Waals surface area contributed by atoms with Crippen molar-refractivity contribution >= 4 is 28.3 Å². The van der Waals surface area contributed by atoms with Crippen molar-refractivity contribution in [3.63, 3.8) is 0 Å². The van der Waals surface area contributed by atoms with Crippen LogP contribution in [0.15, 0.2) is 48.9 Å². The lowest BCUT2D eigenvalue weighted by Gasteiger charge is -2.08. The molecule has 98 valence electrons. The van der Waals surface area contributed by atoms with Gasteiger partial charge >= 0.3 is 0 Å². The topological polar surface area (TPSA) is 93.8 Å². The number of nitrogens with two attached hydrogens (primary N) is 1. The monoisotopic (exact) mass is 265 g/mol. The maximum atomic E-state index is 11.3. The lowest BCUT2D eigenvalue weighted by molar-refractivity contribution is 0.0996. The molecule has 3 aromatic rings. The number of hydrogen-bond donors (Lipinski definition) is 2. The van der Waals surface area contributed by atoms with Crippen LogP contribution in [0.25, 0.3) is 10.9 Å². The maximum absolute atomic E-state index is 11.3. The number of hydrogen-bond acceptors (Lipinski definition) is 5. The number of anilines is 2.